The maximum Gasteiger partial charge on any atom is 0.159 e. The van der Waals surface area contributed by atoms with E-state index in [0.29, 0.717) is 22.8 Å². The van der Waals surface area contributed by atoms with E-state index in [4.69, 9.17) is 0 Å². The number of H-pyrrole nitrogens is 2. The number of rotatable bonds is 3. The fourth-order valence-corrected chi connectivity index (χ4v) is 3.85. The highest BCUT2D eigenvalue weighted by Crippen LogP contribution is 2.29. The van der Waals surface area contributed by atoms with Gasteiger partial charge in [-0.3, -0.25) is 5.10 Å². The molecule has 0 bridgehead atoms. The molecule has 0 atom stereocenters. The van der Waals surface area contributed by atoms with Gasteiger partial charge in [0, 0.05) is 30.8 Å². The van der Waals surface area contributed by atoms with Gasteiger partial charge in [-0.1, -0.05) is 0 Å². The van der Waals surface area contributed by atoms with Crippen molar-refractivity contribution in [3.05, 3.63) is 42.2 Å². The van der Waals surface area contributed by atoms with Gasteiger partial charge in [0.05, 0.1) is 16.6 Å². The van der Waals surface area contributed by atoms with Crippen molar-refractivity contribution >= 4 is 27.6 Å². The van der Waals surface area contributed by atoms with Crippen molar-refractivity contribution in [3.63, 3.8) is 0 Å². The van der Waals surface area contributed by atoms with Crippen molar-refractivity contribution < 1.29 is 9.50 Å². The number of halogens is 1. The van der Waals surface area contributed by atoms with E-state index < -0.39 is 0 Å². The normalized spacial score (nSPS) is 15.9. The number of imidazole rings is 1. The molecule has 0 spiro atoms. The second-order valence-electron chi connectivity index (χ2n) is 7.16. The summed E-state index contributed by atoms with van der Waals surface area (Å²) in [5, 5.41) is 17.3. The van der Waals surface area contributed by atoms with Gasteiger partial charge in [-0.05, 0) is 55.2 Å². The molecular weight excluding hydrogens is 345 g/mol. The van der Waals surface area contributed by atoms with E-state index >= 15 is 0 Å². The molecule has 5 rings (SSSR count). The van der Waals surface area contributed by atoms with E-state index in [1.54, 1.807) is 6.07 Å². The lowest BCUT2D eigenvalue weighted by Gasteiger charge is -2.32. The van der Waals surface area contributed by atoms with Gasteiger partial charge in [0.2, 0.25) is 0 Å². The van der Waals surface area contributed by atoms with Gasteiger partial charge < -0.3 is 15.0 Å². The number of aromatic amines is 2. The summed E-state index contributed by atoms with van der Waals surface area (Å²) in [6.07, 6.45) is 2.02. The number of fused-ring (bicyclic) bond motifs is 2. The number of piperidine rings is 1. The topological polar surface area (TPSA) is 80.8 Å². The van der Waals surface area contributed by atoms with Crippen LogP contribution in [-0.2, 0) is 0 Å². The zero-order chi connectivity index (χ0) is 18.4. The first-order valence-corrected chi connectivity index (χ1v) is 9.21. The molecule has 2 aromatic heterocycles. The standard InChI is InChI=1S/C20H20FN5O/c21-13-1-3-16-15(9-13)19(25-24-16)20-22-17-4-2-14(10-18(17)23-20)26-7-5-12(11-27)6-8-26/h1-4,9-10,12,27H,5-8,11H2,(H,22,23)(H,24,25). The molecule has 1 aliphatic rings. The Balaban J connectivity index is 1.49. The molecule has 138 valence electrons. The fourth-order valence-electron chi connectivity index (χ4n) is 3.85. The molecule has 2 aromatic carbocycles. The van der Waals surface area contributed by atoms with Crippen molar-refractivity contribution in [2.24, 2.45) is 5.92 Å². The minimum absolute atomic E-state index is 0.273. The maximum atomic E-state index is 13.6. The second-order valence-corrected chi connectivity index (χ2v) is 7.16. The lowest BCUT2D eigenvalue weighted by molar-refractivity contribution is 0.203. The van der Waals surface area contributed by atoms with Gasteiger partial charge in [0.1, 0.15) is 11.5 Å². The molecule has 0 saturated carbocycles. The Hall–Kier alpha value is -2.93. The number of aromatic nitrogens is 4. The number of nitrogens with zero attached hydrogens (tertiary/aromatic N) is 3. The molecule has 1 fully saturated rings. The van der Waals surface area contributed by atoms with Crippen molar-refractivity contribution in [1.82, 2.24) is 20.2 Å². The highest BCUT2D eigenvalue weighted by Gasteiger charge is 2.19. The van der Waals surface area contributed by atoms with Crippen LogP contribution in [0.25, 0.3) is 33.5 Å². The summed E-state index contributed by atoms with van der Waals surface area (Å²) in [4.78, 5) is 10.3. The minimum atomic E-state index is -0.296. The third kappa shape index (κ3) is 2.84. The van der Waals surface area contributed by atoms with Gasteiger partial charge >= 0.3 is 0 Å². The molecule has 1 saturated heterocycles. The Labute approximate surface area is 155 Å². The highest BCUT2D eigenvalue weighted by atomic mass is 19.1. The molecule has 0 radical (unpaired) electrons. The average Bonchev–Trinajstić information content (AvgIpc) is 3.30. The Morgan fingerprint density at radius 3 is 2.78 bits per heavy atom. The Morgan fingerprint density at radius 2 is 1.96 bits per heavy atom. The van der Waals surface area contributed by atoms with E-state index in [-0.39, 0.29) is 12.4 Å². The van der Waals surface area contributed by atoms with Crippen LogP contribution in [0.3, 0.4) is 0 Å². The van der Waals surface area contributed by atoms with E-state index in [1.807, 2.05) is 6.07 Å². The van der Waals surface area contributed by atoms with Crippen LogP contribution in [-0.4, -0.2) is 45.0 Å². The third-order valence-electron chi connectivity index (χ3n) is 5.45. The molecule has 7 heteroatoms. The van der Waals surface area contributed by atoms with Crippen molar-refractivity contribution in [2.75, 3.05) is 24.6 Å². The monoisotopic (exact) mass is 365 g/mol. The Morgan fingerprint density at radius 1 is 1.11 bits per heavy atom. The molecule has 3 N–H and O–H groups in total. The maximum absolute atomic E-state index is 13.6. The van der Waals surface area contributed by atoms with E-state index in [9.17, 15) is 9.50 Å². The number of hydrogen-bond donors (Lipinski definition) is 3. The largest absolute Gasteiger partial charge is 0.396 e. The van der Waals surface area contributed by atoms with Gasteiger partial charge in [-0.2, -0.15) is 5.10 Å². The fraction of sp³-hybridized carbons (Fsp3) is 0.300. The second kappa shape index (κ2) is 6.35. The third-order valence-corrected chi connectivity index (χ3v) is 5.45. The number of benzene rings is 2. The Kier molecular flexibility index (Phi) is 3.82. The first-order chi connectivity index (χ1) is 13.2. The zero-order valence-electron chi connectivity index (χ0n) is 14.7. The number of aliphatic hydroxyl groups is 1. The van der Waals surface area contributed by atoms with Crippen LogP contribution >= 0.6 is 0 Å². The molecule has 0 unspecified atom stereocenters. The van der Waals surface area contributed by atoms with Crippen LogP contribution in [0, 0.1) is 11.7 Å². The number of aliphatic hydroxyl groups excluding tert-OH is 1. The summed E-state index contributed by atoms with van der Waals surface area (Å²) in [6.45, 7) is 2.16. The molecule has 3 heterocycles. The van der Waals surface area contributed by atoms with Crippen LogP contribution in [0.1, 0.15) is 12.8 Å². The van der Waals surface area contributed by atoms with E-state index in [0.717, 1.165) is 48.2 Å². The Bertz CT molecular complexity index is 1110. The molecule has 4 aromatic rings. The van der Waals surface area contributed by atoms with E-state index in [1.165, 1.54) is 12.1 Å². The number of nitrogens with one attached hydrogen (secondary N) is 2. The van der Waals surface area contributed by atoms with Gasteiger partial charge in [-0.15, -0.1) is 0 Å². The summed E-state index contributed by atoms with van der Waals surface area (Å²) >= 11 is 0. The lowest BCUT2D eigenvalue weighted by atomic mass is 9.97. The first-order valence-electron chi connectivity index (χ1n) is 9.21. The number of anilines is 1. The van der Waals surface area contributed by atoms with Crippen molar-refractivity contribution in [2.45, 2.75) is 12.8 Å². The molecule has 0 amide bonds. The van der Waals surface area contributed by atoms with Crippen LogP contribution in [0.4, 0.5) is 10.1 Å². The summed E-state index contributed by atoms with van der Waals surface area (Å²) in [5.41, 5.74) is 4.32. The molecule has 1 aliphatic heterocycles. The van der Waals surface area contributed by atoms with Crippen LogP contribution < -0.4 is 4.90 Å². The summed E-state index contributed by atoms with van der Waals surface area (Å²) in [7, 11) is 0. The van der Waals surface area contributed by atoms with Crippen molar-refractivity contribution in [3.8, 4) is 11.5 Å². The molecule has 0 aliphatic carbocycles. The zero-order valence-corrected chi connectivity index (χ0v) is 14.7. The predicted octanol–water partition coefficient (Wildman–Crippen LogP) is 3.45. The smallest absolute Gasteiger partial charge is 0.159 e. The van der Waals surface area contributed by atoms with Gasteiger partial charge in [0.15, 0.2) is 5.82 Å². The highest BCUT2D eigenvalue weighted by molar-refractivity contribution is 5.93. The van der Waals surface area contributed by atoms with Crippen molar-refractivity contribution in [1.29, 1.82) is 0 Å². The first kappa shape index (κ1) is 16.3. The van der Waals surface area contributed by atoms with Crippen LogP contribution in [0.15, 0.2) is 36.4 Å². The molecule has 27 heavy (non-hydrogen) atoms. The van der Waals surface area contributed by atoms with Crippen LogP contribution in [0.5, 0.6) is 0 Å². The number of hydrogen-bond acceptors (Lipinski definition) is 4. The minimum Gasteiger partial charge on any atom is -0.396 e. The summed E-state index contributed by atoms with van der Waals surface area (Å²) in [5.74, 6) is 0.741. The van der Waals surface area contributed by atoms with Crippen LogP contribution in [0.2, 0.25) is 0 Å². The summed E-state index contributed by atoms with van der Waals surface area (Å²) in [6, 6.07) is 10.7. The SMILES string of the molecule is OCC1CCN(c2ccc3nc(-c4n[nH]c5ccc(F)cc45)[nH]c3c2)CC1. The predicted molar refractivity (Wildman–Crippen MR) is 103 cm³/mol. The molecule has 6 nitrogen and oxygen atoms in total. The quantitative estimate of drug-likeness (QED) is 0.519. The summed E-state index contributed by atoms with van der Waals surface area (Å²) < 4.78 is 13.6. The molecular formula is C20H20FN5O. The average molecular weight is 365 g/mol. The van der Waals surface area contributed by atoms with Gasteiger partial charge in [0.25, 0.3) is 0 Å². The van der Waals surface area contributed by atoms with E-state index in [2.05, 4.69) is 37.2 Å². The lowest BCUT2D eigenvalue weighted by Crippen LogP contribution is -2.34. The van der Waals surface area contributed by atoms with Gasteiger partial charge in [-0.25, -0.2) is 9.37 Å².